The van der Waals surface area contributed by atoms with Gasteiger partial charge < -0.3 is 20.1 Å². The minimum Gasteiger partial charge on any atom is -0.382 e. The number of guanidine groups is 1. The van der Waals surface area contributed by atoms with Crippen molar-refractivity contribution >= 4 is 5.96 Å². The highest BCUT2D eigenvalue weighted by atomic mass is 19.4. The number of ether oxygens (including phenoxy) is 2. The fourth-order valence-corrected chi connectivity index (χ4v) is 2.08. The SMILES string of the molecule is CCNC(=NCc1ccc(F)cc1C(F)(F)F)NCCCOCCOC. The van der Waals surface area contributed by atoms with Gasteiger partial charge in [-0.1, -0.05) is 6.07 Å². The molecule has 0 unspecified atom stereocenters. The molecule has 0 heterocycles. The summed E-state index contributed by atoms with van der Waals surface area (Å²) in [5, 5.41) is 5.98. The van der Waals surface area contributed by atoms with Crippen LogP contribution in [0, 0.1) is 5.82 Å². The van der Waals surface area contributed by atoms with Crippen LogP contribution in [0.4, 0.5) is 17.6 Å². The van der Waals surface area contributed by atoms with E-state index in [2.05, 4.69) is 15.6 Å². The highest BCUT2D eigenvalue weighted by Crippen LogP contribution is 2.32. The largest absolute Gasteiger partial charge is 0.416 e. The normalized spacial score (nSPS) is 12.3. The van der Waals surface area contributed by atoms with E-state index in [9.17, 15) is 17.6 Å². The van der Waals surface area contributed by atoms with E-state index in [4.69, 9.17) is 9.47 Å². The van der Waals surface area contributed by atoms with Gasteiger partial charge in [-0.25, -0.2) is 9.38 Å². The number of nitrogens with one attached hydrogen (secondary N) is 2. The van der Waals surface area contributed by atoms with Gasteiger partial charge in [-0.15, -0.1) is 0 Å². The Labute approximate surface area is 150 Å². The van der Waals surface area contributed by atoms with E-state index < -0.39 is 17.6 Å². The number of hydrogen-bond donors (Lipinski definition) is 2. The van der Waals surface area contributed by atoms with Crippen LogP contribution < -0.4 is 10.6 Å². The fraction of sp³-hybridized carbons (Fsp3) is 0.588. The van der Waals surface area contributed by atoms with Crippen LogP contribution in [0.25, 0.3) is 0 Å². The first kappa shape index (κ1) is 22.2. The lowest BCUT2D eigenvalue weighted by molar-refractivity contribution is -0.138. The quantitative estimate of drug-likeness (QED) is 0.284. The minimum absolute atomic E-state index is 0.0843. The summed E-state index contributed by atoms with van der Waals surface area (Å²) in [6, 6.07) is 2.59. The standard InChI is InChI=1S/C17H25F4N3O2/c1-3-22-16(23-7-4-8-26-10-9-25-2)24-12-13-5-6-14(18)11-15(13)17(19,20)21/h5-6,11H,3-4,7-10,12H2,1-2H3,(H2,22,23,24). The Bertz CT molecular complexity index is 565. The van der Waals surface area contributed by atoms with Crippen LogP contribution in [0.3, 0.4) is 0 Å². The van der Waals surface area contributed by atoms with Gasteiger partial charge in [0, 0.05) is 26.8 Å². The number of methoxy groups -OCH3 is 1. The Morgan fingerprint density at radius 1 is 1.15 bits per heavy atom. The second-order valence-corrected chi connectivity index (χ2v) is 5.38. The monoisotopic (exact) mass is 379 g/mol. The van der Waals surface area contributed by atoms with E-state index in [1.54, 1.807) is 7.11 Å². The van der Waals surface area contributed by atoms with Crippen LogP contribution in [0.15, 0.2) is 23.2 Å². The highest BCUT2D eigenvalue weighted by molar-refractivity contribution is 5.79. The molecular weight excluding hydrogens is 354 g/mol. The molecule has 0 saturated heterocycles. The van der Waals surface area contributed by atoms with Gasteiger partial charge in [0.2, 0.25) is 0 Å². The molecule has 0 aromatic heterocycles. The van der Waals surface area contributed by atoms with Gasteiger partial charge >= 0.3 is 6.18 Å². The topological polar surface area (TPSA) is 54.9 Å². The van der Waals surface area contributed by atoms with Gasteiger partial charge in [0.25, 0.3) is 0 Å². The van der Waals surface area contributed by atoms with Crippen molar-refractivity contribution in [1.29, 1.82) is 0 Å². The zero-order valence-electron chi connectivity index (χ0n) is 15.0. The molecule has 0 fully saturated rings. The lowest BCUT2D eigenvalue weighted by atomic mass is 10.1. The summed E-state index contributed by atoms with van der Waals surface area (Å²) in [7, 11) is 1.59. The van der Waals surface area contributed by atoms with E-state index in [0.717, 1.165) is 12.1 Å². The molecule has 0 saturated carbocycles. The van der Waals surface area contributed by atoms with Gasteiger partial charge in [-0.2, -0.15) is 13.2 Å². The fourth-order valence-electron chi connectivity index (χ4n) is 2.08. The summed E-state index contributed by atoms with van der Waals surface area (Å²) in [5.74, 6) is -0.537. The molecule has 1 rings (SSSR count). The van der Waals surface area contributed by atoms with Crippen LogP contribution in [0.5, 0.6) is 0 Å². The van der Waals surface area contributed by atoms with Crippen molar-refractivity contribution in [3.8, 4) is 0 Å². The van der Waals surface area contributed by atoms with Crippen molar-refractivity contribution in [2.45, 2.75) is 26.1 Å². The predicted molar refractivity (Wildman–Crippen MR) is 91.5 cm³/mol. The molecule has 148 valence electrons. The third kappa shape index (κ3) is 8.48. The molecule has 0 aliphatic heterocycles. The number of benzene rings is 1. The molecule has 0 spiro atoms. The Kier molecular flexibility index (Phi) is 9.97. The lowest BCUT2D eigenvalue weighted by Crippen LogP contribution is -2.38. The second kappa shape index (κ2) is 11.7. The summed E-state index contributed by atoms with van der Waals surface area (Å²) in [5.41, 5.74) is -1.09. The molecule has 0 bridgehead atoms. The van der Waals surface area contributed by atoms with E-state index >= 15 is 0 Å². The van der Waals surface area contributed by atoms with Gasteiger partial charge in [0.1, 0.15) is 5.82 Å². The number of alkyl halides is 3. The van der Waals surface area contributed by atoms with Crippen molar-refractivity contribution in [2.75, 3.05) is 40.0 Å². The van der Waals surface area contributed by atoms with E-state index in [0.29, 0.717) is 51.4 Å². The maximum absolute atomic E-state index is 13.1. The van der Waals surface area contributed by atoms with Crippen LogP contribution >= 0.6 is 0 Å². The van der Waals surface area contributed by atoms with Crippen molar-refractivity contribution in [3.05, 3.63) is 35.1 Å². The smallest absolute Gasteiger partial charge is 0.382 e. The molecule has 26 heavy (non-hydrogen) atoms. The van der Waals surface area contributed by atoms with Gasteiger partial charge in [-0.05, 0) is 31.0 Å². The second-order valence-electron chi connectivity index (χ2n) is 5.38. The third-order valence-corrected chi connectivity index (χ3v) is 3.32. The van der Waals surface area contributed by atoms with Crippen LogP contribution in [-0.2, 0) is 22.2 Å². The molecule has 0 amide bonds. The minimum atomic E-state index is -4.63. The number of rotatable bonds is 10. The zero-order valence-corrected chi connectivity index (χ0v) is 15.0. The molecule has 1 aromatic carbocycles. The summed E-state index contributed by atoms with van der Waals surface area (Å²) >= 11 is 0. The maximum atomic E-state index is 13.1. The first-order chi connectivity index (χ1) is 12.4. The average molecular weight is 379 g/mol. The van der Waals surface area contributed by atoms with Gasteiger partial charge in [0.15, 0.2) is 5.96 Å². The summed E-state index contributed by atoms with van der Waals surface area (Å²) in [6.45, 7) is 4.32. The highest BCUT2D eigenvalue weighted by Gasteiger charge is 2.33. The lowest BCUT2D eigenvalue weighted by Gasteiger charge is -2.14. The Balaban J connectivity index is 2.61. The number of aliphatic imine (C=N–C) groups is 1. The van der Waals surface area contributed by atoms with Crippen LogP contribution in [0.1, 0.15) is 24.5 Å². The van der Waals surface area contributed by atoms with Crippen LogP contribution in [0.2, 0.25) is 0 Å². The molecule has 1 aromatic rings. The number of nitrogens with zero attached hydrogens (tertiary/aromatic N) is 1. The van der Waals surface area contributed by atoms with Crippen molar-refractivity contribution in [3.63, 3.8) is 0 Å². The molecule has 0 atom stereocenters. The Morgan fingerprint density at radius 2 is 1.92 bits per heavy atom. The third-order valence-electron chi connectivity index (χ3n) is 3.32. The van der Waals surface area contributed by atoms with E-state index in [-0.39, 0.29) is 12.1 Å². The molecule has 0 radical (unpaired) electrons. The van der Waals surface area contributed by atoms with E-state index in [1.165, 1.54) is 0 Å². The van der Waals surface area contributed by atoms with Crippen molar-refractivity contribution in [2.24, 2.45) is 4.99 Å². The average Bonchev–Trinajstić information content (AvgIpc) is 2.58. The summed E-state index contributed by atoms with van der Waals surface area (Å²) in [6.07, 6.45) is -3.92. The predicted octanol–water partition coefficient (Wildman–Crippen LogP) is 2.95. The molecule has 5 nitrogen and oxygen atoms in total. The Morgan fingerprint density at radius 3 is 2.58 bits per heavy atom. The number of halogens is 4. The summed E-state index contributed by atoms with van der Waals surface area (Å²) < 4.78 is 62.3. The van der Waals surface area contributed by atoms with Crippen molar-refractivity contribution in [1.82, 2.24) is 10.6 Å². The Hall–Kier alpha value is -1.87. The molecule has 0 aliphatic rings. The maximum Gasteiger partial charge on any atom is 0.416 e. The first-order valence-corrected chi connectivity index (χ1v) is 8.33. The number of hydrogen-bond acceptors (Lipinski definition) is 3. The van der Waals surface area contributed by atoms with E-state index in [1.807, 2.05) is 6.92 Å². The summed E-state index contributed by atoms with van der Waals surface area (Å²) in [4.78, 5) is 4.15. The molecule has 0 aliphatic carbocycles. The van der Waals surface area contributed by atoms with Crippen molar-refractivity contribution < 1.29 is 27.0 Å². The first-order valence-electron chi connectivity index (χ1n) is 8.33. The molecule has 9 heteroatoms. The van der Waals surface area contributed by atoms with Gasteiger partial charge in [-0.3, -0.25) is 0 Å². The molecule has 2 N–H and O–H groups in total. The van der Waals surface area contributed by atoms with Gasteiger partial charge in [0.05, 0.1) is 25.3 Å². The zero-order chi connectivity index (χ0) is 19.4. The molecular formula is C17H25F4N3O2. The van der Waals surface area contributed by atoms with Crippen LogP contribution in [-0.4, -0.2) is 46.0 Å².